The molecule has 0 unspecified atom stereocenters. The molecule has 2 amide bonds. The minimum atomic E-state index is -3.95. The van der Waals surface area contributed by atoms with Crippen molar-refractivity contribution in [3.05, 3.63) is 76.1 Å². The Morgan fingerprint density at radius 2 is 1.84 bits per heavy atom. The SMILES string of the molecule is Cc1cc(C)n(-c2cccc(NC(=O)NCCNS(=O)(=O)c3cccc([N+](=O)[O-])c3)c2)n1. The quantitative estimate of drug-likeness (QED) is 0.268. The lowest BCUT2D eigenvalue weighted by Crippen LogP contribution is -2.36. The van der Waals surface area contributed by atoms with Crippen LogP contribution in [0, 0.1) is 24.0 Å². The number of nitro groups is 1. The van der Waals surface area contributed by atoms with E-state index in [0.717, 1.165) is 23.1 Å². The third-order valence-corrected chi connectivity index (χ3v) is 5.86. The highest BCUT2D eigenvalue weighted by Gasteiger charge is 2.17. The molecule has 0 aliphatic rings. The Hall–Kier alpha value is -3.77. The molecule has 0 fully saturated rings. The van der Waals surface area contributed by atoms with Gasteiger partial charge in [0, 0.05) is 36.6 Å². The van der Waals surface area contributed by atoms with Crippen LogP contribution < -0.4 is 15.4 Å². The van der Waals surface area contributed by atoms with Gasteiger partial charge in [0.25, 0.3) is 5.69 Å². The van der Waals surface area contributed by atoms with Crippen LogP contribution in [-0.4, -0.2) is 42.2 Å². The molecule has 0 atom stereocenters. The van der Waals surface area contributed by atoms with Crippen LogP contribution in [0.4, 0.5) is 16.2 Å². The maximum Gasteiger partial charge on any atom is 0.319 e. The van der Waals surface area contributed by atoms with Crippen LogP contribution in [0.3, 0.4) is 0 Å². The predicted octanol–water partition coefficient (Wildman–Crippen LogP) is 2.50. The second kappa shape index (κ2) is 9.58. The van der Waals surface area contributed by atoms with Gasteiger partial charge in [-0.2, -0.15) is 5.10 Å². The summed E-state index contributed by atoms with van der Waals surface area (Å²) >= 11 is 0. The summed E-state index contributed by atoms with van der Waals surface area (Å²) in [6.07, 6.45) is 0. The number of aryl methyl sites for hydroxylation is 2. The van der Waals surface area contributed by atoms with Crippen LogP contribution in [0.1, 0.15) is 11.4 Å². The number of nitrogens with zero attached hydrogens (tertiary/aromatic N) is 3. The van der Waals surface area contributed by atoms with Crippen LogP contribution in [0.5, 0.6) is 0 Å². The molecule has 1 aromatic heterocycles. The second-order valence-corrected chi connectivity index (χ2v) is 8.69. The highest BCUT2D eigenvalue weighted by molar-refractivity contribution is 7.89. The summed E-state index contributed by atoms with van der Waals surface area (Å²) in [7, 11) is -3.95. The number of nitrogens with one attached hydrogen (secondary N) is 3. The number of hydrogen-bond donors (Lipinski definition) is 3. The molecule has 32 heavy (non-hydrogen) atoms. The van der Waals surface area contributed by atoms with Crippen LogP contribution in [0.2, 0.25) is 0 Å². The molecule has 2 aromatic carbocycles. The number of nitro benzene ring substituents is 1. The molecular formula is C20H22N6O5S. The molecule has 0 saturated heterocycles. The maximum absolute atomic E-state index is 12.3. The fourth-order valence-electron chi connectivity index (χ4n) is 2.99. The Bertz CT molecular complexity index is 1250. The van der Waals surface area contributed by atoms with Crippen LogP contribution in [0.15, 0.2) is 59.5 Å². The van der Waals surface area contributed by atoms with E-state index in [0.29, 0.717) is 5.69 Å². The Morgan fingerprint density at radius 1 is 1.09 bits per heavy atom. The second-order valence-electron chi connectivity index (χ2n) is 6.92. The summed E-state index contributed by atoms with van der Waals surface area (Å²) in [5.41, 5.74) is 2.85. The first-order valence-corrected chi connectivity index (χ1v) is 11.1. The third kappa shape index (κ3) is 5.68. The Kier molecular flexibility index (Phi) is 6.85. The van der Waals surface area contributed by atoms with E-state index >= 15 is 0 Å². The van der Waals surface area contributed by atoms with Gasteiger partial charge in [-0.15, -0.1) is 0 Å². The van der Waals surface area contributed by atoms with Gasteiger partial charge in [-0.3, -0.25) is 10.1 Å². The van der Waals surface area contributed by atoms with Gasteiger partial charge in [-0.05, 0) is 44.2 Å². The molecule has 168 valence electrons. The summed E-state index contributed by atoms with van der Waals surface area (Å²) in [6.45, 7) is 3.75. The molecule has 3 rings (SSSR count). The minimum absolute atomic E-state index is 0.0111. The van der Waals surface area contributed by atoms with E-state index in [1.165, 1.54) is 18.2 Å². The van der Waals surface area contributed by atoms with Crippen molar-refractivity contribution in [2.45, 2.75) is 18.7 Å². The fourth-order valence-corrected chi connectivity index (χ4v) is 4.06. The maximum atomic E-state index is 12.3. The van der Waals surface area contributed by atoms with Crippen molar-refractivity contribution in [1.82, 2.24) is 19.8 Å². The summed E-state index contributed by atoms with van der Waals surface area (Å²) in [6, 6.07) is 13.3. The monoisotopic (exact) mass is 458 g/mol. The summed E-state index contributed by atoms with van der Waals surface area (Å²) in [5, 5.41) is 20.5. The number of urea groups is 1. The molecule has 11 nitrogen and oxygen atoms in total. The molecule has 0 radical (unpaired) electrons. The standard InChI is InChI=1S/C20H22N6O5S/c1-14-11-15(2)25(24-14)17-6-3-5-16(12-17)23-20(27)21-9-10-22-32(30,31)19-8-4-7-18(13-19)26(28)29/h3-8,11-13,22H,9-10H2,1-2H3,(H2,21,23,27). The Balaban J connectivity index is 1.52. The normalized spacial score (nSPS) is 11.2. The number of benzene rings is 2. The number of anilines is 1. The van der Waals surface area contributed by atoms with E-state index < -0.39 is 21.0 Å². The number of rotatable bonds is 8. The van der Waals surface area contributed by atoms with Crippen LogP contribution in [0.25, 0.3) is 5.69 Å². The Labute approximate surface area is 184 Å². The number of carbonyl (C=O) groups is 1. The first kappa shape index (κ1) is 22.9. The molecule has 0 spiro atoms. The molecular weight excluding hydrogens is 436 g/mol. The lowest BCUT2D eigenvalue weighted by Gasteiger charge is -2.11. The van der Waals surface area contributed by atoms with Gasteiger partial charge in [0.15, 0.2) is 0 Å². The predicted molar refractivity (Wildman–Crippen MR) is 118 cm³/mol. The van der Waals surface area contributed by atoms with Crippen molar-refractivity contribution in [2.75, 3.05) is 18.4 Å². The zero-order valence-electron chi connectivity index (χ0n) is 17.4. The number of sulfonamides is 1. The van der Waals surface area contributed by atoms with Gasteiger partial charge in [0.1, 0.15) is 0 Å². The summed E-state index contributed by atoms with van der Waals surface area (Å²) in [5.74, 6) is 0. The smallest absolute Gasteiger partial charge is 0.319 e. The summed E-state index contributed by atoms with van der Waals surface area (Å²) < 4.78 is 28.6. The average molecular weight is 459 g/mol. The van der Waals surface area contributed by atoms with Gasteiger partial charge in [0.2, 0.25) is 10.0 Å². The van der Waals surface area contributed by atoms with Crippen molar-refractivity contribution in [3.63, 3.8) is 0 Å². The van der Waals surface area contributed by atoms with Crippen molar-refractivity contribution in [3.8, 4) is 5.69 Å². The van der Waals surface area contributed by atoms with Crippen LogP contribution >= 0.6 is 0 Å². The zero-order valence-corrected chi connectivity index (χ0v) is 18.2. The highest BCUT2D eigenvalue weighted by atomic mass is 32.2. The lowest BCUT2D eigenvalue weighted by molar-refractivity contribution is -0.385. The molecule has 0 bridgehead atoms. The lowest BCUT2D eigenvalue weighted by atomic mass is 10.2. The minimum Gasteiger partial charge on any atom is -0.337 e. The number of carbonyl (C=O) groups excluding carboxylic acids is 1. The number of hydrogen-bond acceptors (Lipinski definition) is 6. The van der Waals surface area contributed by atoms with Crippen molar-refractivity contribution < 1.29 is 18.1 Å². The molecule has 3 aromatic rings. The number of amides is 2. The van der Waals surface area contributed by atoms with E-state index in [1.54, 1.807) is 22.9 Å². The molecule has 12 heteroatoms. The molecule has 0 aliphatic carbocycles. The average Bonchev–Trinajstić information content (AvgIpc) is 3.09. The van der Waals surface area contributed by atoms with E-state index in [4.69, 9.17) is 0 Å². The van der Waals surface area contributed by atoms with Gasteiger partial charge < -0.3 is 10.6 Å². The topological polar surface area (TPSA) is 148 Å². The highest BCUT2D eigenvalue weighted by Crippen LogP contribution is 2.18. The molecule has 1 heterocycles. The first-order chi connectivity index (χ1) is 15.2. The largest absolute Gasteiger partial charge is 0.337 e. The van der Waals surface area contributed by atoms with E-state index in [2.05, 4.69) is 20.5 Å². The van der Waals surface area contributed by atoms with E-state index in [9.17, 15) is 23.3 Å². The fraction of sp³-hybridized carbons (Fsp3) is 0.200. The first-order valence-electron chi connectivity index (χ1n) is 9.58. The van der Waals surface area contributed by atoms with Crippen LogP contribution in [-0.2, 0) is 10.0 Å². The summed E-state index contributed by atoms with van der Waals surface area (Å²) in [4.78, 5) is 22.1. The molecule has 0 saturated carbocycles. The van der Waals surface area contributed by atoms with Crippen molar-refractivity contribution in [2.24, 2.45) is 0 Å². The number of aromatic nitrogens is 2. The van der Waals surface area contributed by atoms with Gasteiger partial charge in [-0.25, -0.2) is 22.6 Å². The van der Waals surface area contributed by atoms with E-state index in [-0.39, 0.29) is 23.7 Å². The zero-order chi connectivity index (χ0) is 23.3. The number of non-ortho nitro benzene ring substituents is 1. The third-order valence-electron chi connectivity index (χ3n) is 4.40. The van der Waals surface area contributed by atoms with Crippen molar-refractivity contribution >= 4 is 27.4 Å². The van der Waals surface area contributed by atoms with Gasteiger partial charge >= 0.3 is 6.03 Å². The van der Waals surface area contributed by atoms with E-state index in [1.807, 2.05) is 26.0 Å². The molecule has 0 aliphatic heterocycles. The molecule has 3 N–H and O–H groups in total. The van der Waals surface area contributed by atoms with Gasteiger partial charge in [0.05, 0.1) is 21.2 Å². The van der Waals surface area contributed by atoms with Gasteiger partial charge in [-0.1, -0.05) is 12.1 Å². The van der Waals surface area contributed by atoms with Crippen molar-refractivity contribution in [1.29, 1.82) is 0 Å². The Morgan fingerprint density at radius 3 is 2.53 bits per heavy atom.